The molecule has 2 unspecified atom stereocenters. The molecule has 0 amide bonds. The van der Waals surface area contributed by atoms with E-state index in [-0.39, 0.29) is 11.9 Å². The van der Waals surface area contributed by atoms with E-state index in [1.54, 1.807) is 6.07 Å². The van der Waals surface area contributed by atoms with Crippen LogP contribution >= 0.6 is 0 Å². The third-order valence-electron chi connectivity index (χ3n) is 3.59. The van der Waals surface area contributed by atoms with Crippen molar-refractivity contribution in [3.05, 3.63) is 24.3 Å². The van der Waals surface area contributed by atoms with Crippen LogP contribution in [-0.4, -0.2) is 23.3 Å². The Morgan fingerprint density at radius 2 is 1.81 bits per heavy atom. The van der Waals surface area contributed by atoms with E-state index in [9.17, 15) is 5.11 Å². The lowest BCUT2D eigenvalue weighted by Crippen LogP contribution is -2.42. The van der Waals surface area contributed by atoms with Crippen molar-refractivity contribution in [3.8, 4) is 11.5 Å². The molecule has 0 aromatic heterocycles. The van der Waals surface area contributed by atoms with Crippen LogP contribution in [0.4, 0.5) is 0 Å². The van der Waals surface area contributed by atoms with Crippen LogP contribution in [0.2, 0.25) is 0 Å². The first-order valence-corrected chi connectivity index (χ1v) is 6.02. The van der Waals surface area contributed by atoms with Gasteiger partial charge >= 0.3 is 0 Å². The third-order valence-corrected chi connectivity index (χ3v) is 3.59. The molecule has 2 aliphatic rings. The van der Waals surface area contributed by atoms with Crippen molar-refractivity contribution < 1.29 is 9.84 Å². The lowest BCUT2D eigenvalue weighted by molar-refractivity contribution is 0.133. The highest BCUT2D eigenvalue weighted by molar-refractivity contribution is 5.38. The quantitative estimate of drug-likeness (QED) is 0.800. The van der Waals surface area contributed by atoms with Crippen LogP contribution in [0.1, 0.15) is 25.7 Å². The van der Waals surface area contributed by atoms with Crippen molar-refractivity contribution in [2.75, 3.05) is 0 Å². The lowest BCUT2D eigenvalue weighted by atomic mass is 10.0. The van der Waals surface area contributed by atoms with Crippen molar-refractivity contribution in [2.45, 2.75) is 43.9 Å². The van der Waals surface area contributed by atoms with Crippen molar-refractivity contribution in [3.63, 3.8) is 0 Å². The molecule has 3 nitrogen and oxygen atoms in total. The Kier molecular flexibility index (Phi) is 2.48. The minimum absolute atomic E-state index is 0.244. The summed E-state index contributed by atoms with van der Waals surface area (Å²) in [6.07, 6.45) is 4.92. The molecule has 2 N–H and O–H groups in total. The lowest BCUT2D eigenvalue weighted by Gasteiger charge is -2.29. The second-order valence-electron chi connectivity index (χ2n) is 4.82. The molecule has 3 rings (SSSR count). The van der Waals surface area contributed by atoms with Crippen LogP contribution in [0.15, 0.2) is 24.3 Å². The maximum Gasteiger partial charge on any atom is 0.161 e. The predicted octanol–water partition coefficient (Wildman–Crippen LogP) is 2.05. The first kappa shape index (κ1) is 9.97. The number of phenolic OH excluding ortho intramolecular Hbond substituents is 1. The van der Waals surface area contributed by atoms with E-state index in [0.717, 1.165) is 12.8 Å². The number of benzene rings is 1. The number of aromatic hydroxyl groups is 1. The molecule has 0 saturated carbocycles. The number of ether oxygens (including phenoxy) is 1. The van der Waals surface area contributed by atoms with Crippen LogP contribution in [0.5, 0.6) is 11.5 Å². The molecule has 0 radical (unpaired) electrons. The van der Waals surface area contributed by atoms with Gasteiger partial charge in [0, 0.05) is 12.1 Å². The molecule has 0 aliphatic carbocycles. The third kappa shape index (κ3) is 1.87. The Morgan fingerprint density at radius 1 is 1.12 bits per heavy atom. The molecule has 16 heavy (non-hydrogen) atoms. The summed E-state index contributed by atoms with van der Waals surface area (Å²) in [6, 6.07) is 8.45. The highest BCUT2D eigenvalue weighted by Gasteiger charge is 2.34. The Bertz CT molecular complexity index is 368. The predicted molar refractivity (Wildman–Crippen MR) is 61.7 cm³/mol. The van der Waals surface area contributed by atoms with Gasteiger partial charge in [0.15, 0.2) is 11.5 Å². The smallest absolute Gasteiger partial charge is 0.161 e. The van der Waals surface area contributed by atoms with Gasteiger partial charge in [0.05, 0.1) is 0 Å². The van der Waals surface area contributed by atoms with Crippen molar-refractivity contribution in [1.29, 1.82) is 0 Å². The average molecular weight is 219 g/mol. The molecule has 86 valence electrons. The molecule has 0 spiro atoms. The zero-order valence-electron chi connectivity index (χ0n) is 9.23. The fraction of sp³-hybridized carbons (Fsp3) is 0.538. The molecule has 1 aromatic rings. The molecule has 2 saturated heterocycles. The maximum atomic E-state index is 9.65. The number of nitrogens with one attached hydrogen (secondary N) is 1. The van der Waals surface area contributed by atoms with Gasteiger partial charge in [0.1, 0.15) is 6.10 Å². The van der Waals surface area contributed by atoms with Crippen molar-refractivity contribution in [2.24, 2.45) is 0 Å². The van der Waals surface area contributed by atoms with Gasteiger partial charge in [-0.3, -0.25) is 0 Å². The van der Waals surface area contributed by atoms with Crippen LogP contribution < -0.4 is 10.1 Å². The van der Waals surface area contributed by atoms with Gasteiger partial charge in [0.2, 0.25) is 0 Å². The van der Waals surface area contributed by atoms with E-state index >= 15 is 0 Å². The highest BCUT2D eigenvalue weighted by Crippen LogP contribution is 2.32. The summed E-state index contributed by atoms with van der Waals surface area (Å²) >= 11 is 0. The zero-order valence-corrected chi connectivity index (χ0v) is 9.23. The maximum absolute atomic E-state index is 9.65. The van der Waals surface area contributed by atoms with Crippen LogP contribution in [0, 0.1) is 0 Å². The Labute approximate surface area is 95.4 Å². The van der Waals surface area contributed by atoms with E-state index in [0.29, 0.717) is 17.8 Å². The van der Waals surface area contributed by atoms with Gasteiger partial charge in [-0.15, -0.1) is 0 Å². The fourth-order valence-corrected chi connectivity index (χ4v) is 2.84. The highest BCUT2D eigenvalue weighted by atomic mass is 16.5. The molecule has 2 aliphatic heterocycles. The number of fused-ring (bicyclic) bond motifs is 2. The largest absolute Gasteiger partial charge is 0.504 e. The topological polar surface area (TPSA) is 41.5 Å². The number of phenols is 1. The second-order valence-corrected chi connectivity index (χ2v) is 4.82. The Morgan fingerprint density at radius 3 is 2.50 bits per heavy atom. The summed E-state index contributed by atoms with van der Waals surface area (Å²) in [5.41, 5.74) is 0. The first-order chi connectivity index (χ1) is 7.81. The minimum Gasteiger partial charge on any atom is -0.504 e. The summed E-state index contributed by atoms with van der Waals surface area (Å²) in [4.78, 5) is 0. The van der Waals surface area contributed by atoms with E-state index in [4.69, 9.17) is 4.74 Å². The monoisotopic (exact) mass is 219 g/mol. The van der Waals surface area contributed by atoms with E-state index < -0.39 is 0 Å². The summed E-state index contributed by atoms with van der Waals surface area (Å²) in [5, 5.41) is 13.2. The molecule has 1 aromatic carbocycles. The molecule has 3 heteroatoms. The van der Waals surface area contributed by atoms with Crippen LogP contribution in [0.3, 0.4) is 0 Å². The van der Waals surface area contributed by atoms with Gasteiger partial charge in [0.25, 0.3) is 0 Å². The standard InChI is InChI=1S/C13H17NO2/c15-12-3-1-2-4-13(12)16-11-7-9-5-6-10(8-11)14-9/h1-4,9-11,14-15H,5-8H2. The Hall–Kier alpha value is -1.22. The summed E-state index contributed by atoms with van der Waals surface area (Å²) in [7, 11) is 0. The van der Waals surface area contributed by atoms with Crippen LogP contribution in [-0.2, 0) is 0 Å². The molecule has 2 atom stereocenters. The zero-order chi connectivity index (χ0) is 11.0. The van der Waals surface area contributed by atoms with Gasteiger partial charge in [-0.1, -0.05) is 12.1 Å². The molecule has 2 fully saturated rings. The molecule has 2 bridgehead atoms. The number of hydrogen-bond donors (Lipinski definition) is 2. The van der Waals surface area contributed by atoms with Gasteiger partial charge in [-0.25, -0.2) is 0 Å². The van der Waals surface area contributed by atoms with Gasteiger partial charge < -0.3 is 15.2 Å². The Balaban J connectivity index is 1.69. The fourth-order valence-electron chi connectivity index (χ4n) is 2.84. The summed E-state index contributed by atoms with van der Waals surface area (Å²) < 4.78 is 5.88. The molecular formula is C13H17NO2. The molecule has 2 heterocycles. The number of hydrogen-bond acceptors (Lipinski definition) is 3. The van der Waals surface area contributed by atoms with E-state index in [1.807, 2.05) is 18.2 Å². The van der Waals surface area contributed by atoms with Crippen molar-refractivity contribution in [1.82, 2.24) is 5.32 Å². The first-order valence-electron chi connectivity index (χ1n) is 6.02. The summed E-state index contributed by atoms with van der Waals surface area (Å²) in [5.74, 6) is 0.863. The van der Waals surface area contributed by atoms with E-state index in [2.05, 4.69) is 5.32 Å². The average Bonchev–Trinajstić information content (AvgIpc) is 2.62. The van der Waals surface area contributed by atoms with E-state index in [1.165, 1.54) is 12.8 Å². The normalized spacial score (nSPS) is 32.6. The van der Waals surface area contributed by atoms with Crippen LogP contribution in [0.25, 0.3) is 0 Å². The second kappa shape index (κ2) is 3.98. The number of para-hydroxylation sites is 2. The molecular weight excluding hydrogens is 202 g/mol. The minimum atomic E-state index is 0.244. The van der Waals surface area contributed by atoms with Gasteiger partial charge in [-0.05, 0) is 37.8 Å². The number of rotatable bonds is 2. The van der Waals surface area contributed by atoms with Crippen molar-refractivity contribution >= 4 is 0 Å². The summed E-state index contributed by atoms with van der Waals surface area (Å²) in [6.45, 7) is 0. The van der Waals surface area contributed by atoms with Gasteiger partial charge in [-0.2, -0.15) is 0 Å². The SMILES string of the molecule is Oc1ccccc1OC1CC2CCC(C1)N2. The number of piperidine rings is 1.